The molecule has 0 aromatic heterocycles. The lowest BCUT2D eigenvalue weighted by atomic mass is 10.3. The Morgan fingerprint density at radius 3 is 2.73 bits per heavy atom. The van der Waals surface area contributed by atoms with Crippen LogP contribution in [0, 0.1) is 18.2 Å². The van der Waals surface area contributed by atoms with E-state index in [1.165, 1.54) is 0 Å². The molecule has 3 N–H and O–H groups in total. The maximum Gasteiger partial charge on any atom is 0.241 e. The van der Waals surface area contributed by atoms with Gasteiger partial charge in [-0.3, -0.25) is 0 Å². The average Bonchev–Trinajstić information content (AvgIpc) is 2.19. The Morgan fingerprint density at radius 2 is 2.20 bits per heavy atom. The molecular weight excluding hydrogens is 219 g/mol. The highest BCUT2D eigenvalue weighted by Gasteiger charge is 2.14. The van der Waals surface area contributed by atoms with Crippen LogP contribution in [-0.4, -0.2) is 15.0 Å². The van der Waals surface area contributed by atoms with Crippen molar-refractivity contribution >= 4 is 15.7 Å². The largest absolute Gasteiger partial charge is 0.396 e. The fraction of sp³-hybridized carbons (Fsp3) is 0.111. The molecule has 0 aliphatic rings. The second-order valence-corrected chi connectivity index (χ2v) is 4.48. The third-order valence-corrected chi connectivity index (χ3v) is 3.04. The maximum absolute atomic E-state index is 12.8. The summed E-state index contributed by atoms with van der Waals surface area (Å²) in [4.78, 5) is -0.114. The third-order valence-electron chi connectivity index (χ3n) is 1.64. The van der Waals surface area contributed by atoms with Gasteiger partial charge in [-0.25, -0.2) is 12.8 Å². The zero-order chi connectivity index (χ0) is 11.5. The summed E-state index contributed by atoms with van der Waals surface area (Å²) in [6.45, 7) is -0.125. The number of nitrogens with two attached hydrogens (primary N) is 1. The summed E-state index contributed by atoms with van der Waals surface area (Å²) in [6, 6.07) is 3.14. The first-order valence-electron chi connectivity index (χ1n) is 3.95. The second kappa shape index (κ2) is 4.29. The van der Waals surface area contributed by atoms with Crippen molar-refractivity contribution in [2.75, 3.05) is 12.3 Å². The molecule has 1 aromatic rings. The Hall–Kier alpha value is -1.58. The van der Waals surface area contributed by atoms with Gasteiger partial charge in [-0.2, -0.15) is 4.72 Å². The zero-order valence-corrected chi connectivity index (χ0v) is 8.51. The molecule has 0 heterocycles. The van der Waals surface area contributed by atoms with Gasteiger partial charge in [-0.15, -0.1) is 6.42 Å². The molecule has 0 amide bonds. The molecule has 0 saturated heterocycles. The molecule has 0 aliphatic heterocycles. The zero-order valence-electron chi connectivity index (χ0n) is 7.70. The van der Waals surface area contributed by atoms with Crippen molar-refractivity contribution in [2.45, 2.75) is 4.90 Å². The Kier molecular flexibility index (Phi) is 3.29. The molecule has 0 saturated carbocycles. The van der Waals surface area contributed by atoms with E-state index in [9.17, 15) is 12.8 Å². The quantitative estimate of drug-likeness (QED) is 0.578. The highest BCUT2D eigenvalue weighted by atomic mass is 32.2. The van der Waals surface area contributed by atoms with Gasteiger partial charge in [0.05, 0.1) is 17.1 Å². The van der Waals surface area contributed by atoms with Gasteiger partial charge in [0.15, 0.2) is 0 Å². The predicted octanol–water partition coefficient (Wildman–Crippen LogP) is 0.319. The standard InChI is InChI=1S/C9H9FN2O2S/c1-2-5-12-15(13,14)7-3-4-8(10)9(11)6-7/h1,3-4,6,12H,5,11H2. The van der Waals surface area contributed by atoms with Crippen LogP contribution in [0.3, 0.4) is 0 Å². The van der Waals surface area contributed by atoms with Gasteiger partial charge in [-0.05, 0) is 18.2 Å². The van der Waals surface area contributed by atoms with Crippen LogP contribution in [-0.2, 0) is 10.0 Å². The minimum atomic E-state index is -3.70. The van der Waals surface area contributed by atoms with Crippen LogP contribution in [0.25, 0.3) is 0 Å². The van der Waals surface area contributed by atoms with Crippen molar-refractivity contribution in [2.24, 2.45) is 0 Å². The summed E-state index contributed by atoms with van der Waals surface area (Å²) in [5.74, 6) is 1.46. The molecule has 0 unspecified atom stereocenters. The molecule has 80 valence electrons. The van der Waals surface area contributed by atoms with E-state index < -0.39 is 15.8 Å². The summed E-state index contributed by atoms with van der Waals surface area (Å²) in [6.07, 6.45) is 4.91. The number of sulfonamides is 1. The van der Waals surface area contributed by atoms with E-state index >= 15 is 0 Å². The summed E-state index contributed by atoms with van der Waals surface area (Å²) >= 11 is 0. The van der Waals surface area contributed by atoms with Gasteiger partial charge in [0.1, 0.15) is 5.82 Å². The first-order valence-corrected chi connectivity index (χ1v) is 5.44. The molecule has 0 fully saturated rings. The summed E-state index contributed by atoms with van der Waals surface area (Å²) in [7, 11) is -3.70. The van der Waals surface area contributed by atoms with E-state index in [0.717, 1.165) is 18.2 Å². The molecule has 4 nitrogen and oxygen atoms in total. The maximum atomic E-state index is 12.8. The van der Waals surface area contributed by atoms with Crippen molar-refractivity contribution < 1.29 is 12.8 Å². The lowest BCUT2D eigenvalue weighted by Crippen LogP contribution is -2.24. The van der Waals surface area contributed by atoms with Crippen molar-refractivity contribution in [3.63, 3.8) is 0 Å². The number of nitrogens with one attached hydrogen (secondary N) is 1. The summed E-state index contributed by atoms with van der Waals surface area (Å²) in [5.41, 5.74) is 5.01. The Balaban J connectivity index is 3.07. The summed E-state index contributed by atoms with van der Waals surface area (Å²) < 4.78 is 37.8. The van der Waals surface area contributed by atoms with Crippen molar-refractivity contribution in [1.29, 1.82) is 0 Å². The van der Waals surface area contributed by atoms with Gasteiger partial charge in [0.25, 0.3) is 0 Å². The van der Waals surface area contributed by atoms with E-state index in [-0.39, 0.29) is 17.1 Å². The SMILES string of the molecule is C#CCNS(=O)(=O)c1ccc(F)c(N)c1. The molecule has 0 atom stereocenters. The number of rotatable bonds is 3. The molecule has 0 bridgehead atoms. The lowest BCUT2D eigenvalue weighted by Gasteiger charge is -2.04. The van der Waals surface area contributed by atoms with Crippen LogP contribution in [0.15, 0.2) is 23.1 Å². The van der Waals surface area contributed by atoms with Crippen LogP contribution in [0.4, 0.5) is 10.1 Å². The van der Waals surface area contributed by atoms with E-state index in [2.05, 4.69) is 10.6 Å². The van der Waals surface area contributed by atoms with Crippen LogP contribution >= 0.6 is 0 Å². The van der Waals surface area contributed by atoms with Crippen LogP contribution < -0.4 is 10.5 Å². The summed E-state index contributed by atoms with van der Waals surface area (Å²) in [5, 5.41) is 0. The first-order chi connectivity index (χ1) is 6.97. The Labute approximate surface area is 87.3 Å². The van der Waals surface area contributed by atoms with E-state index in [1.54, 1.807) is 0 Å². The molecule has 0 spiro atoms. The van der Waals surface area contributed by atoms with Gasteiger partial charge in [-0.1, -0.05) is 5.92 Å². The molecule has 6 heteroatoms. The molecule has 1 aromatic carbocycles. The van der Waals surface area contributed by atoms with Gasteiger partial charge in [0, 0.05) is 0 Å². The smallest absolute Gasteiger partial charge is 0.241 e. The second-order valence-electron chi connectivity index (χ2n) is 2.71. The first kappa shape index (κ1) is 11.5. The lowest BCUT2D eigenvalue weighted by molar-refractivity contribution is 0.585. The Morgan fingerprint density at radius 1 is 1.53 bits per heavy atom. The number of terminal acetylenes is 1. The fourth-order valence-electron chi connectivity index (χ4n) is 0.909. The van der Waals surface area contributed by atoms with Crippen molar-refractivity contribution in [3.8, 4) is 12.3 Å². The van der Waals surface area contributed by atoms with Gasteiger partial charge >= 0.3 is 0 Å². The monoisotopic (exact) mass is 228 g/mol. The minimum Gasteiger partial charge on any atom is -0.396 e. The van der Waals surface area contributed by atoms with Crippen molar-refractivity contribution in [3.05, 3.63) is 24.0 Å². The number of halogens is 1. The topological polar surface area (TPSA) is 72.2 Å². The van der Waals surface area contributed by atoms with Crippen LogP contribution in [0.1, 0.15) is 0 Å². The highest BCUT2D eigenvalue weighted by Crippen LogP contribution is 2.16. The fourth-order valence-corrected chi connectivity index (χ4v) is 1.88. The van der Waals surface area contributed by atoms with E-state index in [0.29, 0.717) is 0 Å². The molecular formula is C9H9FN2O2S. The number of hydrogen-bond donors (Lipinski definition) is 2. The number of nitrogen functional groups attached to an aromatic ring is 1. The van der Waals surface area contributed by atoms with Crippen LogP contribution in [0.2, 0.25) is 0 Å². The molecule has 0 aliphatic carbocycles. The normalized spacial score (nSPS) is 10.9. The number of hydrogen-bond acceptors (Lipinski definition) is 3. The highest BCUT2D eigenvalue weighted by molar-refractivity contribution is 7.89. The van der Waals surface area contributed by atoms with Gasteiger partial charge in [0.2, 0.25) is 10.0 Å². The molecule has 15 heavy (non-hydrogen) atoms. The molecule has 1 rings (SSSR count). The average molecular weight is 228 g/mol. The number of anilines is 1. The predicted molar refractivity (Wildman–Crippen MR) is 54.8 cm³/mol. The van der Waals surface area contributed by atoms with Gasteiger partial charge < -0.3 is 5.73 Å². The molecule has 0 radical (unpaired) electrons. The third kappa shape index (κ3) is 2.68. The number of benzene rings is 1. The van der Waals surface area contributed by atoms with E-state index in [1.807, 2.05) is 0 Å². The van der Waals surface area contributed by atoms with Crippen molar-refractivity contribution in [1.82, 2.24) is 4.72 Å². The Bertz CT molecular complexity index is 505. The van der Waals surface area contributed by atoms with Crippen LogP contribution in [0.5, 0.6) is 0 Å². The van der Waals surface area contributed by atoms with E-state index in [4.69, 9.17) is 12.2 Å². The minimum absolute atomic E-state index is 0.114.